The van der Waals surface area contributed by atoms with Crippen LogP contribution in [0, 0.1) is 0 Å². The van der Waals surface area contributed by atoms with Crippen LogP contribution in [-0.2, 0) is 6.42 Å². The molecule has 0 saturated heterocycles. The number of nitrogens with one attached hydrogen (secondary N) is 1. The molecule has 0 amide bonds. The van der Waals surface area contributed by atoms with Crippen LogP contribution in [0.2, 0.25) is 0 Å². The summed E-state index contributed by atoms with van der Waals surface area (Å²) in [6.07, 6.45) is 3.01. The lowest BCUT2D eigenvalue weighted by atomic mass is 10.0. The first kappa shape index (κ1) is 14.2. The largest absolute Gasteiger partial charge is 0.310 e. The van der Waals surface area contributed by atoms with Crippen molar-refractivity contribution in [1.82, 2.24) is 10.3 Å². The maximum absolute atomic E-state index is 4.56. The van der Waals surface area contributed by atoms with Gasteiger partial charge in [-0.15, -0.1) is 22.7 Å². The molecule has 3 heterocycles. The molecule has 1 unspecified atom stereocenters. The number of halogens is 1. The third-order valence-electron chi connectivity index (χ3n) is 3.21. The van der Waals surface area contributed by atoms with E-state index in [0.29, 0.717) is 6.04 Å². The van der Waals surface area contributed by atoms with E-state index in [-0.39, 0.29) is 0 Å². The average molecular weight is 367 g/mol. The predicted octanol–water partition coefficient (Wildman–Crippen LogP) is 5.01. The summed E-state index contributed by atoms with van der Waals surface area (Å²) in [4.78, 5) is 5.94. The lowest BCUT2D eigenvalue weighted by Gasteiger charge is -2.17. The van der Waals surface area contributed by atoms with E-state index < -0.39 is 0 Å². The van der Waals surface area contributed by atoms with E-state index >= 15 is 0 Å². The molecule has 0 bridgehead atoms. The molecule has 20 heavy (non-hydrogen) atoms. The fourth-order valence-electron chi connectivity index (χ4n) is 2.27. The summed E-state index contributed by atoms with van der Waals surface area (Å²) in [7, 11) is 0. The van der Waals surface area contributed by atoms with Gasteiger partial charge in [-0.3, -0.25) is 4.98 Å². The number of likely N-dealkylation sites (N-methyl/N-ethyl adjacent to an activating group) is 1. The average Bonchev–Trinajstić information content (AvgIpc) is 3.06. The van der Waals surface area contributed by atoms with Gasteiger partial charge in [0.15, 0.2) is 0 Å². The standard InChI is InChI=1S/C15H15BrN2S2/c1-2-17-13(8-11-3-4-15(16)20-11)10-7-14-12(18-9-10)5-6-19-14/h3-7,9,13,17H,2,8H2,1H3. The van der Waals surface area contributed by atoms with Crippen molar-refractivity contribution in [2.24, 2.45) is 0 Å². The molecule has 0 fully saturated rings. The number of aromatic nitrogens is 1. The SMILES string of the molecule is CCNC(Cc1ccc(Br)s1)c1cnc2ccsc2c1. The zero-order chi connectivity index (χ0) is 13.9. The van der Waals surface area contributed by atoms with Crippen LogP contribution in [0.3, 0.4) is 0 Å². The molecule has 0 aliphatic rings. The van der Waals surface area contributed by atoms with Crippen LogP contribution >= 0.6 is 38.6 Å². The van der Waals surface area contributed by atoms with Crippen LogP contribution in [0.15, 0.2) is 39.6 Å². The first-order valence-corrected chi connectivity index (χ1v) is 9.06. The summed E-state index contributed by atoms with van der Waals surface area (Å²) in [5.74, 6) is 0. The molecule has 0 aliphatic heterocycles. The molecule has 0 radical (unpaired) electrons. The quantitative estimate of drug-likeness (QED) is 0.685. The van der Waals surface area contributed by atoms with Crippen molar-refractivity contribution < 1.29 is 0 Å². The lowest BCUT2D eigenvalue weighted by Crippen LogP contribution is -2.22. The zero-order valence-corrected chi connectivity index (χ0v) is 14.3. The van der Waals surface area contributed by atoms with E-state index in [1.165, 1.54) is 18.9 Å². The highest BCUT2D eigenvalue weighted by molar-refractivity contribution is 9.11. The molecule has 3 aromatic rings. The summed E-state index contributed by atoms with van der Waals surface area (Å²) < 4.78 is 2.45. The van der Waals surface area contributed by atoms with Gasteiger partial charge in [-0.05, 0) is 57.7 Å². The van der Waals surface area contributed by atoms with E-state index in [2.05, 4.69) is 62.8 Å². The molecule has 0 spiro atoms. The van der Waals surface area contributed by atoms with E-state index in [9.17, 15) is 0 Å². The van der Waals surface area contributed by atoms with E-state index in [1.54, 1.807) is 22.7 Å². The second-order valence-electron chi connectivity index (χ2n) is 4.59. The fraction of sp³-hybridized carbons (Fsp3) is 0.267. The van der Waals surface area contributed by atoms with Gasteiger partial charge in [0.05, 0.1) is 14.0 Å². The zero-order valence-electron chi connectivity index (χ0n) is 11.1. The number of hydrogen-bond donors (Lipinski definition) is 1. The number of pyridine rings is 1. The molecule has 0 saturated carbocycles. The summed E-state index contributed by atoms with van der Waals surface area (Å²) in [5.41, 5.74) is 2.36. The maximum atomic E-state index is 4.56. The van der Waals surface area contributed by atoms with Crippen LogP contribution in [-0.4, -0.2) is 11.5 Å². The van der Waals surface area contributed by atoms with Gasteiger partial charge in [0, 0.05) is 23.5 Å². The summed E-state index contributed by atoms with van der Waals surface area (Å²) in [6, 6.07) is 8.97. The van der Waals surface area contributed by atoms with Crippen LogP contribution in [0.4, 0.5) is 0 Å². The molecule has 5 heteroatoms. The Kier molecular flexibility index (Phi) is 4.51. The Labute approximate surface area is 135 Å². The molecule has 2 nitrogen and oxygen atoms in total. The van der Waals surface area contributed by atoms with E-state index in [0.717, 1.165) is 18.5 Å². The highest BCUT2D eigenvalue weighted by Crippen LogP contribution is 2.28. The predicted molar refractivity (Wildman–Crippen MR) is 91.8 cm³/mol. The topological polar surface area (TPSA) is 24.9 Å². The minimum Gasteiger partial charge on any atom is -0.310 e. The monoisotopic (exact) mass is 366 g/mol. The van der Waals surface area contributed by atoms with Gasteiger partial charge in [-0.2, -0.15) is 0 Å². The van der Waals surface area contributed by atoms with Crippen LogP contribution in [0.5, 0.6) is 0 Å². The lowest BCUT2D eigenvalue weighted by molar-refractivity contribution is 0.552. The van der Waals surface area contributed by atoms with Crippen LogP contribution < -0.4 is 5.32 Å². The first-order valence-electron chi connectivity index (χ1n) is 6.57. The van der Waals surface area contributed by atoms with Gasteiger partial charge in [0.25, 0.3) is 0 Å². The van der Waals surface area contributed by atoms with Gasteiger partial charge in [-0.25, -0.2) is 0 Å². The van der Waals surface area contributed by atoms with Crippen molar-refractivity contribution in [1.29, 1.82) is 0 Å². The van der Waals surface area contributed by atoms with E-state index in [4.69, 9.17) is 0 Å². The van der Waals surface area contributed by atoms with Crippen molar-refractivity contribution in [2.45, 2.75) is 19.4 Å². The molecule has 1 N–H and O–H groups in total. The summed E-state index contributed by atoms with van der Waals surface area (Å²) >= 11 is 7.09. The first-order chi connectivity index (χ1) is 9.76. The van der Waals surface area contributed by atoms with Crippen LogP contribution in [0.1, 0.15) is 23.4 Å². The maximum Gasteiger partial charge on any atom is 0.0809 e. The van der Waals surface area contributed by atoms with Gasteiger partial charge in [0.1, 0.15) is 0 Å². The smallest absolute Gasteiger partial charge is 0.0809 e. The van der Waals surface area contributed by atoms with Crippen molar-refractivity contribution in [3.63, 3.8) is 0 Å². The Morgan fingerprint density at radius 1 is 1.35 bits per heavy atom. The van der Waals surface area contributed by atoms with Gasteiger partial charge < -0.3 is 5.32 Å². The third-order valence-corrected chi connectivity index (χ3v) is 5.71. The Balaban J connectivity index is 1.88. The Morgan fingerprint density at radius 3 is 3.00 bits per heavy atom. The molecular weight excluding hydrogens is 352 g/mol. The Morgan fingerprint density at radius 2 is 2.25 bits per heavy atom. The second-order valence-corrected chi connectivity index (χ2v) is 8.09. The minimum absolute atomic E-state index is 0.324. The van der Waals surface area contributed by atoms with Crippen molar-refractivity contribution in [2.75, 3.05) is 6.54 Å². The number of nitrogens with zero attached hydrogens (tertiary/aromatic N) is 1. The van der Waals surface area contributed by atoms with Crippen molar-refractivity contribution >= 4 is 48.8 Å². The van der Waals surface area contributed by atoms with Gasteiger partial charge in [-0.1, -0.05) is 6.92 Å². The normalized spacial score (nSPS) is 12.9. The number of rotatable bonds is 5. The minimum atomic E-state index is 0.324. The number of hydrogen-bond acceptors (Lipinski definition) is 4. The molecule has 0 aliphatic carbocycles. The summed E-state index contributed by atoms with van der Waals surface area (Å²) in [5, 5.41) is 5.67. The van der Waals surface area contributed by atoms with Crippen LogP contribution in [0.25, 0.3) is 10.2 Å². The second kappa shape index (κ2) is 6.35. The van der Waals surface area contributed by atoms with Gasteiger partial charge >= 0.3 is 0 Å². The molecule has 104 valence electrons. The van der Waals surface area contributed by atoms with E-state index in [1.807, 2.05) is 6.20 Å². The molecular formula is C15H15BrN2S2. The molecule has 3 rings (SSSR count). The highest BCUT2D eigenvalue weighted by Gasteiger charge is 2.14. The third kappa shape index (κ3) is 3.11. The number of thiophene rings is 2. The number of fused-ring (bicyclic) bond motifs is 1. The van der Waals surface area contributed by atoms with Crippen molar-refractivity contribution in [3.05, 3.63) is 50.1 Å². The molecule has 3 aromatic heterocycles. The fourth-order valence-corrected chi connectivity index (χ4v) is 4.59. The highest BCUT2D eigenvalue weighted by atomic mass is 79.9. The van der Waals surface area contributed by atoms with Gasteiger partial charge in [0.2, 0.25) is 0 Å². The Bertz CT molecular complexity index is 705. The summed E-state index contributed by atoms with van der Waals surface area (Å²) in [6.45, 7) is 3.11. The molecule has 0 aromatic carbocycles. The Hall–Kier alpha value is -0.750. The molecule has 1 atom stereocenters. The van der Waals surface area contributed by atoms with Crippen molar-refractivity contribution in [3.8, 4) is 0 Å².